The first-order valence-electron chi connectivity index (χ1n) is 6.39. The Bertz CT molecular complexity index is 647. The lowest BCUT2D eigenvalue weighted by Crippen LogP contribution is -2.18. The molecule has 2 aromatic rings. The molecule has 0 aliphatic heterocycles. The predicted molar refractivity (Wildman–Crippen MR) is 79.8 cm³/mol. The van der Waals surface area contributed by atoms with E-state index in [1.807, 2.05) is 19.1 Å². The number of rotatable bonds is 5. The van der Waals surface area contributed by atoms with Crippen LogP contribution in [-0.2, 0) is 6.54 Å². The van der Waals surface area contributed by atoms with Crippen LogP contribution in [0.2, 0.25) is 5.02 Å². The zero-order valence-corrected chi connectivity index (χ0v) is 12.1. The number of nitro benzene ring substituents is 1. The van der Waals surface area contributed by atoms with Gasteiger partial charge >= 0.3 is 0 Å². The molecule has 110 valence electrons. The summed E-state index contributed by atoms with van der Waals surface area (Å²) >= 11 is 5.83. The molecule has 1 unspecified atom stereocenters. The second kappa shape index (κ2) is 6.65. The summed E-state index contributed by atoms with van der Waals surface area (Å²) in [6.07, 6.45) is 0. The molecule has 0 amide bonds. The van der Waals surface area contributed by atoms with E-state index in [2.05, 4.69) is 5.32 Å². The first-order chi connectivity index (χ1) is 9.97. The molecule has 0 aliphatic rings. The molecule has 0 saturated carbocycles. The summed E-state index contributed by atoms with van der Waals surface area (Å²) in [4.78, 5) is 10.4. The normalized spacial score (nSPS) is 12.1. The van der Waals surface area contributed by atoms with E-state index in [0.29, 0.717) is 10.6 Å². The van der Waals surface area contributed by atoms with Crippen LogP contribution < -0.4 is 5.32 Å². The highest BCUT2D eigenvalue weighted by atomic mass is 35.5. The molecule has 0 radical (unpaired) electrons. The van der Waals surface area contributed by atoms with Crippen LogP contribution in [0.3, 0.4) is 0 Å². The van der Waals surface area contributed by atoms with Gasteiger partial charge in [0.15, 0.2) is 0 Å². The van der Waals surface area contributed by atoms with Gasteiger partial charge in [-0.15, -0.1) is 0 Å². The number of nitrogens with zero attached hydrogens (tertiary/aromatic N) is 1. The van der Waals surface area contributed by atoms with Crippen molar-refractivity contribution in [3.05, 3.63) is 74.5 Å². The van der Waals surface area contributed by atoms with Crippen molar-refractivity contribution < 1.29 is 9.31 Å². The molecule has 0 fully saturated rings. The van der Waals surface area contributed by atoms with E-state index in [1.54, 1.807) is 12.1 Å². The van der Waals surface area contributed by atoms with Gasteiger partial charge in [0.1, 0.15) is 5.82 Å². The van der Waals surface area contributed by atoms with E-state index in [0.717, 1.165) is 11.6 Å². The van der Waals surface area contributed by atoms with Crippen molar-refractivity contribution in [2.45, 2.75) is 19.5 Å². The monoisotopic (exact) mass is 308 g/mol. The maximum Gasteiger partial charge on any atom is 0.274 e. The van der Waals surface area contributed by atoms with E-state index >= 15 is 0 Å². The Labute approximate surface area is 126 Å². The Morgan fingerprint density at radius 3 is 2.57 bits per heavy atom. The summed E-state index contributed by atoms with van der Waals surface area (Å²) in [5.74, 6) is -0.489. The molecule has 0 spiro atoms. The van der Waals surface area contributed by atoms with Crippen molar-refractivity contribution in [3.63, 3.8) is 0 Å². The number of nitro groups is 1. The number of halogens is 2. The standard InChI is InChI=1S/C15H14ClFN2O2/c1-10(11-2-4-13(16)5-3-11)18-9-12-8-14(17)6-7-15(12)19(20)21/h2-8,10,18H,9H2,1H3. The van der Waals surface area contributed by atoms with Gasteiger partial charge in [-0.2, -0.15) is 0 Å². The summed E-state index contributed by atoms with van der Waals surface area (Å²) < 4.78 is 13.2. The topological polar surface area (TPSA) is 55.2 Å². The molecule has 1 N–H and O–H groups in total. The largest absolute Gasteiger partial charge is 0.306 e. The zero-order valence-electron chi connectivity index (χ0n) is 11.3. The van der Waals surface area contributed by atoms with Gasteiger partial charge in [0.25, 0.3) is 5.69 Å². The minimum Gasteiger partial charge on any atom is -0.306 e. The lowest BCUT2D eigenvalue weighted by Gasteiger charge is -2.14. The smallest absolute Gasteiger partial charge is 0.274 e. The number of hydrogen-bond acceptors (Lipinski definition) is 3. The van der Waals surface area contributed by atoms with Crippen LogP contribution in [0.4, 0.5) is 10.1 Å². The third kappa shape index (κ3) is 4.00. The van der Waals surface area contributed by atoms with Gasteiger partial charge in [-0.05, 0) is 36.8 Å². The first-order valence-corrected chi connectivity index (χ1v) is 6.77. The molecule has 4 nitrogen and oxygen atoms in total. The third-order valence-corrected chi connectivity index (χ3v) is 3.46. The second-order valence-electron chi connectivity index (χ2n) is 4.68. The second-order valence-corrected chi connectivity index (χ2v) is 5.12. The Morgan fingerprint density at radius 1 is 1.29 bits per heavy atom. The van der Waals surface area contributed by atoms with Crippen molar-refractivity contribution in [3.8, 4) is 0 Å². The van der Waals surface area contributed by atoms with Crippen molar-refractivity contribution in [2.24, 2.45) is 0 Å². The van der Waals surface area contributed by atoms with Gasteiger partial charge in [-0.25, -0.2) is 4.39 Å². The van der Waals surface area contributed by atoms with Gasteiger partial charge in [-0.3, -0.25) is 10.1 Å². The van der Waals surface area contributed by atoms with Gasteiger partial charge < -0.3 is 5.32 Å². The third-order valence-electron chi connectivity index (χ3n) is 3.21. The molecular formula is C15H14ClFN2O2. The van der Waals surface area contributed by atoms with Gasteiger partial charge in [-0.1, -0.05) is 23.7 Å². The molecular weight excluding hydrogens is 295 g/mol. The average molecular weight is 309 g/mol. The highest BCUT2D eigenvalue weighted by molar-refractivity contribution is 6.30. The highest BCUT2D eigenvalue weighted by Crippen LogP contribution is 2.21. The van der Waals surface area contributed by atoms with E-state index in [1.165, 1.54) is 12.1 Å². The summed E-state index contributed by atoms with van der Waals surface area (Å²) in [5.41, 5.74) is 1.23. The van der Waals surface area contributed by atoms with Gasteiger partial charge in [0.2, 0.25) is 0 Å². The molecule has 0 heterocycles. The Kier molecular flexibility index (Phi) is 4.88. The van der Waals surface area contributed by atoms with Crippen molar-refractivity contribution in [2.75, 3.05) is 0 Å². The lowest BCUT2D eigenvalue weighted by atomic mass is 10.1. The highest BCUT2D eigenvalue weighted by Gasteiger charge is 2.15. The molecule has 6 heteroatoms. The van der Waals surface area contributed by atoms with E-state index in [-0.39, 0.29) is 18.3 Å². The molecule has 0 bridgehead atoms. The van der Waals surface area contributed by atoms with E-state index in [9.17, 15) is 14.5 Å². The van der Waals surface area contributed by atoms with Crippen LogP contribution in [0.5, 0.6) is 0 Å². The average Bonchev–Trinajstić information content (AvgIpc) is 2.45. The Balaban J connectivity index is 2.10. The lowest BCUT2D eigenvalue weighted by molar-refractivity contribution is -0.385. The Morgan fingerprint density at radius 2 is 1.95 bits per heavy atom. The van der Waals surface area contributed by atoms with Gasteiger partial charge in [0.05, 0.1) is 4.92 Å². The minimum atomic E-state index is -0.511. The number of nitrogens with one attached hydrogen (secondary N) is 1. The zero-order chi connectivity index (χ0) is 15.4. The van der Waals surface area contributed by atoms with Crippen LogP contribution >= 0.6 is 11.6 Å². The van der Waals surface area contributed by atoms with Crippen LogP contribution in [-0.4, -0.2) is 4.92 Å². The fourth-order valence-electron chi connectivity index (χ4n) is 2.01. The maximum absolute atomic E-state index is 13.2. The number of benzene rings is 2. The first kappa shape index (κ1) is 15.4. The van der Waals surface area contributed by atoms with Crippen LogP contribution in [0.15, 0.2) is 42.5 Å². The molecule has 0 aromatic heterocycles. The van der Waals surface area contributed by atoms with E-state index < -0.39 is 10.7 Å². The molecule has 2 aromatic carbocycles. The fourth-order valence-corrected chi connectivity index (χ4v) is 2.13. The van der Waals surface area contributed by atoms with Crippen LogP contribution in [0, 0.1) is 15.9 Å². The predicted octanol–water partition coefficient (Wildman–Crippen LogP) is 4.24. The number of hydrogen-bond donors (Lipinski definition) is 1. The SMILES string of the molecule is CC(NCc1cc(F)ccc1[N+](=O)[O-])c1ccc(Cl)cc1. The minimum absolute atomic E-state index is 0.0369. The van der Waals surface area contributed by atoms with Crippen LogP contribution in [0.1, 0.15) is 24.1 Å². The maximum atomic E-state index is 13.2. The molecule has 1 atom stereocenters. The van der Waals surface area contributed by atoms with Crippen LogP contribution in [0.25, 0.3) is 0 Å². The van der Waals surface area contributed by atoms with Crippen molar-refractivity contribution in [1.29, 1.82) is 0 Å². The summed E-state index contributed by atoms with van der Waals surface area (Å²) in [6, 6.07) is 10.7. The molecule has 2 rings (SSSR count). The molecule has 0 aliphatic carbocycles. The summed E-state index contributed by atoms with van der Waals surface area (Å²) in [7, 11) is 0. The fraction of sp³-hybridized carbons (Fsp3) is 0.200. The Hall–Kier alpha value is -1.98. The molecule has 21 heavy (non-hydrogen) atoms. The van der Waals surface area contributed by atoms with E-state index in [4.69, 9.17) is 11.6 Å². The summed E-state index contributed by atoms with van der Waals surface area (Å²) in [6.45, 7) is 2.13. The quantitative estimate of drug-likeness (QED) is 0.664. The van der Waals surface area contributed by atoms with Gasteiger partial charge in [0, 0.05) is 29.2 Å². The van der Waals surface area contributed by atoms with Crippen molar-refractivity contribution >= 4 is 17.3 Å². The summed E-state index contributed by atoms with van der Waals surface area (Å²) in [5, 5.41) is 14.7. The van der Waals surface area contributed by atoms with Crippen molar-refractivity contribution in [1.82, 2.24) is 5.32 Å². The molecule has 0 saturated heterocycles.